The molecule has 0 heterocycles. The Morgan fingerprint density at radius 3 is 2.50 bits per heavy atom. The molecule has 2 rings (SSSR count). The fourth-order valence-corrected chi connectivity index (χ4v) is 2.04. The summed E-state index contributed by atoms with van der Waals surface area (Å²) in [6.07, 6.45) is 0. The normalized spacial score (nSPS) is 10.6. The van der Waals surface area contributed by atoms with Gasteiger partial charge in [0, 0.05) is 5.39 Å². The molecule has 0 atom stereocenters. The number of rotatable bonds is 1. The van der Waals surface area contributed by atoms with Crippen LogP contribution in [0.3, 0.4) is 0 Å². The number of hydrogen-bond acceptors (Lipinski definition) is 2. The first kappa shape index (κ1) is 11.0. The van der Waals surface area contributed by atoms with Gasteiger partial charge in [-0.3, -0.25) is 0 Å². The van der Waals surface area contributed by atoms with Crippen molar-refractivity contribution in [3.63, 3.8) is 0 Å². The number of benzene rings is 2. The number of carbonyl (C=O) groups is 1. The molecule has 0 saturated heterocycles. The number of hydrogen-bond donors (Lipinski definition) is 2. The van der Waals surface area contributed by atoms with Gasteiger partial charge >= 0.3 is 5.97 Å². The van der Waals surface area contributed by atoms with E-state index in [9.17, 15) is 9.90 Å². The molecule has 0 spiro atoms. The van der Waals surface area contributed by atoms with Crippen LogP contribution in [0.2, 0.25) is 10.0 Å². The molecule has 0 aliphatic heterocycles. The highest BCUT2D eigenvalue weighted by Gasteiger charge is 2.14. The SMILES string of the molecule is O=C(O)c1cccc2c(Cl)c(O)c(Cl)cc12. The molecule has 0 radical (unpaired) electrons. The summed E-state index contributed by atoms with van der Waals surface area (Å²) >= 11 is 11.6. The summed E-state index contributed by atoms with van der Waals surface area (Å²) in [5.74, 6) is -1.30. The maximum absolute atomic E-state index is 11.0. The van der Waals surface area contributed by atoms with Gasteiger partial charge in [0.25, 0.3) is 0 Å². The summed E-state index contributed by atoms with van der Waals surface area (Å²) in [6, 6.07) is 6.03. The van der Waals surface area contributed by atoms with E-state index >= 15 is 0 Å². The first-order valence-electron chi connectivity index (χ1n) is 4.35. The summed E-state index contributed by atoms with van der Waals surface area (Å²) < 4.78 is 0. The number of phenols is 1. The number of carboxylic acid groups (broad SMARTS) is 1. The Labute approximate surface area is 101 Å². The molecular weight excluding hydrogens is 251 g/mol. The third-order valence-corrected chi connectivity index (χ3v) is 2.95. The summed E-state index contributed by atoms with van der Waals surface area (Å²) in [5.41, 5.74) is 0.0984. The van der Waals surface area contributed by atoms with Crippen LogP contribution in [0.15, 0.2) is 24.3 Å². The lowest BCUT2D eigenvalue weighted by molar-refractivity contribution is 0.0699. The standard InChI is InChI=1S/C11H6Cl2O3/c12-8-4-7-5(9(13)10(8)14)2-1-3-6(7)11(15)16/h1-4,14H,(H,15,16). The van der Waals surface area contributed by atoms with Crippen LogP contribution < -0.4 is 0 Å². The highest BCUT2D eigenvalue weighted by molar-refractivity contribution is 6.41. The quantitative estimate of drug-likeness (QED) is 0.821. The molecule has 0 aromatic heterocycles. The molecule has 16 heavy (non-hydrogen) atoms. The lowest BCUT2D eigenvalue weighted by Gasteiger charge is -2.07. The van der Waals surface area contributed by atoms with Gasteiger partial charge in [0.05, 0.1) is 15.6 Å². The van der Waals surface area contributed by atoms with Crippen molar-refractivity contribution in [2.24, 2.45) is 0 Å². The number of carboxylic acids is 1. The first-order chi connectivity index (χ1) is 7.52. The molecule has 3 nitrogen and oxygen atoms in total. The Hall–Kier alpha value is -1.45. The Morgan fingerprint density at radius 2 is 1.88 bits per heavy atom. The van der Waals surface area contributed by atoms with Crippen molar-refractivity contribution in [3.8, 4) is 5.75 Å². The van der Waals surface area contributed by atoms with Crippen LogP contribution in [0.1, 0.15) is 10.4 Å². The summed E-state index contributed by atoms with van der Waals surface area (Å²) in [7, 11) is 0. The van der Waals surface area contributed by atoms with Crippen LogP contribution in [0, 0.1) is 0 Å². The van der Waals surface area contributed by atoms with Gasteiger partial charge in [0.2, 0.25) is 0 Å². The van der Waals surface area contributed by atoms with Crippen molar-refractivity contribution in [1.29, 1.82) is 0 Å². The molecule has 2 aromatic rings. The van der Waals surface area contributed by atoms with Crippen LogP contribution in [0.25, 0.3) is 10.8 Å². The van der Waals surface area contributed by atoms with Crippen molar-refractivity contribution in [3.05, 3.63) is 39.9 Å². The number of phenolic OH excluding ortho intramolecular Hbond substituents is 1. The largest absolute Gasteiger partial charge is 0.505 e. The molecule has 82 valence electrons. The fourth-order valence-electron chi connectivity index (χ4n) is 1.53. The van der Waals surface area contributed by atoms with E-state index in [1.807, 2.05) is 0 Å². The third-order valence-electron chi connectivity index (χ3n) is 2.28. The average Bonchev–Trinajstić information content (AvgIpc) is 2.25. The fraction of sp³-hybridized carbons (Fsp3) is 0. The number of aromatic carboxylic acids is 1. The summed E-state index contributed by atoms with van der Waals surface area (Å²) in [4.78, 5) is 11.0. The van der Waals surface area contributed by atoms with Crippen LogP contribution in [0.4, 0.5) is 0 Å². The topological polar surface area (TPSA) is 57.5 Å². The van der Waals surface area contributed by atoms with Crippen molar-refractivity contribution in [2.75, 3.05) is 0 Å². The van der Waals surface area contributed by atoms with Crippen LogP contribution in [-0.4, -0.2) is 16.2 Å². The molecule has 5 heteroatoms. The van der Waals surface area contributed by atoms with Crippen molar-refractivity contribution >= 4 is 39.9 Å². The average molecular weight is 257 g/mol. The van der Waals surface area contributed by atoms with E-state index in [2.05, 4.69) is 0 Å². The number of halogens is 2. The molecule has 2 aromatic carbocycles. The number of aromatic hydroxyl groups is 1. The molecule has 0 saturated carbocycles. The molecule has 0 bridgehead atoms. The van der Waals surface area contributed by atoms with Gasteiger partial charge < -0.3 is 10.2 Å². The zero-order valence-corrected chi connectivity index (χ0v) is 9.38. The molecule has 0 aliphatic carbocycles. The van der Waals surface area contributed by atoms with E-state index in [1.165, 1.54) is 12.1 Å². The van der Waals surface area contributed by atoms with Crippen LogP contribution in [0.5, 0.6) is 5.75 Å². The molecule has 0 unspecified atom stereocenters. The smallest absolute Gasteiger partial charge is 0.336 e. The van der Waals surface area contributed by atoms with Crippen LogP contribution in [-0.2, 0) is 0 Å². The molecular formula is C11H6Cl2O3. The van der Waals surface area contributed by atoms with Crippen molar-refractivity contribution < 1.29 is 15.0 Å². The Bertz CT molecular complexity index is 593. The van der Waals surface area contributed by atoms with Gasteiger partial charge in [0.15, 0.2) is 5.75 Å². The maximum Gasteiger partial charge on any atom is 0.336 e. The molecule has 0 amide bonds. The Balaban J connectivity index is 2.95. The van der Waals surface area contributed by atoms with Crippen LogP contribution >= 0.6 is 23.2 Å². The predicted octanol–water partition coefficient (Wildman–Crippen LogP) is 3.55. The molecule has 2 N–H and O–H groups in total. The van der Waals surface area contributed by atoms with Crippen molar-refractivity contribution in [1.82, 2.24) is 0 Å². The van der Waals surface area contributed by atoms with E-state index in [4.69, 9.17) is 28.3 Å². The number of fused-ring (bicyclic) bond motifs is 1. The van der Waals surface area contributed by atoms with E-state index in [1.54, 1.807) is 12.1 Å². The molecule has 0 fully saturated rings. The Kier molecular flexibility index (Phi) is 2.66. The lowest BCUT2D eigenvalue weighted by atomic mass is 10.0. The summed E-state index contributed by atoms with van der Waals surface area (Å²) in [6.45, 7) is 0. The lowest BCUT2D eigenvalue weighted by Crippen LogP contribution is -1.97. The zero-order valence-electron chi connectivity index (χ0n) is 7.87. The minimum absolute atomic E-state index is 0.0335. The Morgan fingerprint density at radius 1 is 1.19 bits per heavy atom. The van der Waals surface area contributed by atoms with E-state index < -0.39 is 5.97 Å². The second-order valence-electron chi connectivity index (χ2n) is 3.23. The summed E-state index contributed by atoms with van der Waals surface area (Å²) in [5, 5.41) is 19.5. The van der Waals surface area contributed by atoms with Gasteiger partial charge in [-0.1, -0.05) is 35.3 Å². The minimum Gasteiger partial charge on any atom is -0.505 e. The highest BCUT2D eigenvalue weighted by atomic mass is 35.5. The van der Waals surface area contributed by atoms with Crippen molar-refractivity contribution in [2.45, 2.75) is 0 Å². The van der Waals surface area contributed by atoms with Gasteiger partial charge in [-0.05, 0) is 17.5 Å². The zero-order chi connectivity index (χ0) is 11.9. The van der Waals surface area contributed by atoms with Gasteiger partial charge in [-0.15, -0.1) is 0 Å². The van der Waals surface area contributed by atoms with Gasteiger partial charge in [-0.25, -0.2) is 4.79 Å². The second kappa shape index (κ2) is 3.85. The van der Waals surface area contributed by atoms with E-state index in [0.717, 1.165) is 0 Å². The highest BCUT2D eigenvalue weighted by Crippen LogP contribution is 2.39. The minimum atomic E-state index is -1.07. The van der Waals surface area contributed by atoms with Gasteiger partial charge in [-0.2, -0.15) is 0 Å². The third kappa shape index (κ3) is 1.58. The second-order valence-corrected chi connectivity index (χ2v) is 4.01. The maximum atomic E-state index is 11.0. The first-order valence-corrected chi connectivity index (χ1v) is 5.11. The monoisotopic (exact) mass is 256 g/mol. The van der Waals surface area contributed by atoms with E-state index in [-0.39, 0.29) is 21.4 Å². The predicted molar refractivity (Wildman–Crippen MR) is 62.6 cm³/mol. The van der Waals surface area contributed by atoms with E-state index in [0.29, 0.717) is 10.8 Å². The molecule has 0 aliphatic rings. The van der Waals surface area contributed by atoms with Gasteiger partial charge in [0.1, 0.15) is 0 Å².